The van der Waals surface area contributed by atoms with Gasteiger partial charge in [-0.3, -0.25) is 0 Å². The fourth-order valence-corrected chi connectivity index (χ4v) is 0.564. The first-order chi connectivity index (χ1) is 11.6. The third-order valence-corrected chi connectivity index (χ3v) is 1.55. The number of aliphatic hydroxyl groups is 2. The first-order valence-electron chi connectivity index (χ1n) is 6.70. The van der Waals surface area contributed by atoms with E-state index in [1.165, 1.54) is 15.9 Å². The predicted octanol–water partition coefficient (Wildman–Crippen LogP) is 5.00. The van der Waals surface area contributed by atoms with E-state index < -0.39 is 36.7 Å². The van der Waals surface area contributed by atoms with Crippen LogP contribution in [-0.2, 0) is 9.47 Å². The van der Waals surface area contributed by atoms with Crippen LogP contribution in [0.15, 0.2) is 0 Å². The molecular weight excluding hydrogens is 424 g/mol. The summed E-state index contributed by atoms with van der Waals surface area (Å²) in [7, 11) is 0. The fourth-order valence-electron chi connectivity index (χ4n) is 0.564. The smallest absolute Gasteiger partial charge is 0.329 e. The van der Waals surface area contributed by atoms with Gasteiger partial charge < -0.3 is 10.2 Å². The Bertz CT molecular complexity index is 379. The zero-order chi connectivity index (χ0) is 23.1. The van der Waals surface area contributed by atoms with E-state index in [4.69, 9.17) is 10.2 Å². The van der Waals surface area contributed by atoms with Crippen molar-refractivity contribution in [3.05, 3.63) is 0 Å². The maximum atomic E-state index is 12.5. The Morgan fingerprint density at radius 2 is 0.667 bits per heavy atom. The molecule has 0 aromatic carbocycles. The number of ether oxygens (including phenoxy) is 2. The SMILES string of the molecule is CC.CCC.OC(F)(F)C(F)(F)OC(F)(F)C(F)(F)OC(F)(F)C(O)(F)F. The highest BCUT2D eigenvalue weighted by Gasteiger charge is 2.74. The summed E-state index contributed by atoms with van der Waals surface area (Å²) in [6.07, 6.45) is -39.3. The van der Waals surface area contributed by atoms with Gasteiger partial charge in [-0.15, -0.1) is 0 Å². The van der Waals surface area contributed by atoms with Crippen LogP contribution >= 0.6 is 0 Å². The minimum absolute atomic E-state index is 1.25. The molecule has 0 radical (unpaired) electrons. The van der Waals surface area contributed by atoms with Gasteiger partial charge in [-0.25, -0.2) is 9.47 Å². The van der Waals surface area contributed by atoms with Crippen molar-refractivity contribution in [3.63, 3.8) is 0 Å². The summed E-state index contributed by atoms with van der Waals surface area (Å²) < 4.78 is 148. The highest BCUT2D eigenvalue weighted by molar-refractivity contribution is 4.76. The average molecular weight is 440 g/mol. The van der Waals surface area contributed by atoms with Crippen molar-refractivity contribution < 1.29 is 72.4 Å². The molecule has 16 heteroatoms. The van der Waals surface area contributed by atoms with Crippen LogP contribution in [0.5, 0.6) is 0 Å². The van der Waals surface area contributed by atoms with Crippen LogP contribution in [0.1, 0.15) is 34.1 Å². The van der Waals surface area contributed by atoms with Gasteiger partial charge >= 0.3 is 36.7 Å². The van der Waals surface area contributed by atoms with Crippen molar-refractivity contribution in [2.24, 2.45) is 0 Å². The van der Waals surface area contributed by atoms with E-state index in [0.717, 1.165) is 0 Å². The summed E-state index contributed by atoms with van der Waals surface area (Å²) in [4.78, 5) is 0. The number of halogens is 12. The predicted molar refractivity (Wildman–Crippen MR) is 63.6 cm³/mol. The minimum Gasteiger partial charge on any atom is -0.329 e. The van der Waals surface area contributed by atoms with Gasteiger partial charge in [0.05, 0.1) is 0 Å². The lowest BCUT2D eigenvalue weighted by molar-refractivity contribution is -0.560. The first-order valence-corrected chi connectivity index (χ1v) is 6.70. The summed E-state index contributed by atoms with van der Waals surface area (Å²) in [5.41, 5.74) is 0. The van der Waals surface area contributed by atoms with Crippen molar-refractivity contribution >= 4 is 0 Å². The van der Waals surface area contributed by atoms with Gasteiger partial charge in [0.1, 0.15) is 0 Å². The Morgan fingerprint density at radius 1 is 0.519 bits per heavy atom. The molecule has 0 aromatic heterocycles. The van der Waals surface area contributed by atoms with Gasteiger partial charge in [-0.05, 0) is 0 Å². The Labute approximate surface area is 144 Å². The molecule has 0 aromatic rings. The third kappa shape index (κ3) is 9.16. The second-order valence-electron chi connectivity index (χ2n) is 4.06. The third-order valence-electron chi connectivity index (χ3n) is 1.55. The van der Waals surface area contributed by atoms with Crippen molar-refractivity contribution in [3.8, 4) is 0 Å². The molecule has 0 saturated carbocycles. The van der Waals surface area contributed by atoms with Gasteiger partial charge in [0.15, 0.2) is 0 Å². The van der Waals surface area contributed by atoms with Gasteiger partial charge in [-0.2, -0.15) is 52.7 Å². The Morgan fingerprint density at radius 3 is 0.778 bits per heavy atom. The van der Waals surface area contributed by atoms with E-state index in [1.807, 2.05) is 13.8 Å². The monoisotopic (exact) mass is 440 g/mol. The second kappa shape index (κ2) is 9.97. The molecular formula is C11H16F12O4. The maximum absolute atomic E-state index is 12.5. The lowest BCUT2D eigenvalue weighted by atomic mass is 10.5. The fraction of sp³-hybridized carbons (Fsp3) is 1.00. The summed E-state index contributed by atoms with van der Waals surface area (Å²) in [5.74, 6) is 0. The van der Waals surface area contributed by atoms with Crippen LogP contribution < -0.4 is 0 Å². The number of alkyl halides is 12. The average Bonchev–Trinajstić information content (AvgIpc) is 2.36. The van der Waals surface area contributed by atoms with Crippen molar-refractivity contribution in [1.82, 2.24) is 0 Å². The summed E-state index contributed by atoms with van der Waals surface area (Å²) in [5, 5.41) is 14.8. The molecule has 27 heavy (non-hydrogen) atoms. The molecule has 0 bridgehead atoms. The molecule has 4 nitrogen and oxygen atoms in total. The van der Waals surface area contributed by atoms with E-state index in [-0.39, 0.29) is 0 Å². The van der Waals surface area contributed by atoms with Crippen LogP contribution in [-0.4, -0.2) is 46.9 Å². The number of hydrogen-bond acceptors (Lipinski definition) is 4. The number of rotatable bonds is 7. The lowest BCUT2D eigenvalue weighted by Crippen LogP contribution is -2.58. The van der Waals surface area contributed by atoms with Crippen LogP contribution in [0.4, 0.5) is 52.7 Å². The van der Waals surface area contributed by atoms with Crippen LogP contribution in [0.25, 0.3) is 0 Å². The van der Waals surface area contributed by atoms with E-state index in [1.54, 1.807) is 0 Å². The van der Waals surface area contributed by atoms with Crippen LogP contribution in [0, 0.1) is 0 Å². The molecule has 0 fully saturated rings. The first kappa shape index (κ1) is 30.7. The largest absolute Gasteiger partial charge is 0.453 e. The molecule has 0 amide bonds. The zero-order valence-corrected chi connectivity index (χ0v) is 14.0. The lowest BCUT2D eigenvalue weighted by Gasteiger charge is -2.32. The molecule has 0 aliphatic rings. The van der Waals surface area contributed by atoms with Gasteiger partial charge in [0.25, 0.3) is 0 Å². The highest BCUT2D eigenvalue weighted by atomic mass is 19.4. The molecule has 0 heterocycles. The molecule has 0 spiro atoms. The molecule has 0 atom stereocenters. The molecule has 0 saturated heterocycles. The van der Waals surface area contributed by atoms with Gasteiger partial charge in [-0.1, -0.05) is 34.1 Å². The molecule has 2 N–H and O–H groups in total. The second-order valence-corrected chi connectivity index (χ2v) is 4.06. The van der Waals surface area contributed by atoms with E-state index in [9.17, 15) is 52.7 Å². The quantitative estimate of drug-likeness (QED) is 0.547. The minimum atomic E-state index is -7.06. The Balaban J connectivity index is -0.00000104. The number of hydrogen-bond donors (Lipinski definition) is 2. The highest BCUT2D eigenvalue weighted by Crippen LogP contribution is 2.48. The standard InChI is InChI=1S/C6H2F12O4.C3H8.C2H6/c7-1(8,19)3(11,12)21-5(15,16)6(17,18)22-4(13,14)2(9,10)20;1-3-2;1-2/h19-20H;3H2,1-2H3;1-2H3. The summed E-state index contributed by atoms with van der Waals surface area (Å²) in [6.45, 7) is 8.25. The Kier molecular flexibility index (Phi) is 11.3. The van der Waals surface area contributed by atoms with Gasteiger partial charge in [0.2, 0.25) is 0 Å². The molecule has 0 aliphatic heterocycles. The zero-order valence-electron chi connectivity index (χ0n) is 14.0. The Hall–Kier alpha value is -1.00. The van der Waals surface area contributed by atoms with Crippen molar-refractivity contribution in [2.45, 2.75) is 70.8 Å². The van der Waals surface area contributed by atoms with Crippen LogP contribution in [0.3, 0.4) is 0 Å². The van der Waals surface area contributed by atoms with Crippen molar-refractivity contribution in [1.29, 1.82) is 0 Å². The maximum Gasteiger partial charge on any atom is 0.453 e. The van der Waals surface area contributed by atoms with Gasteiger partial charge in [0, 0.05) is 0 Å². The molecule has 0 rings (SSSR count). The van der Waals surface area contributed by atoms with E-state index >= 15 is 0 Å². The van der Waals surface area contributed by atoms with E-state index in [0.29, 0.717) is 0 Å². The molecule has 0 unspecified atom stereocenters. The van der Waals surface area contributed by atoms with Crippen molar-refractivity contribution in [2.75, 3.05) is 0 Å². The topological polar surface area (TPSA) is 58.9 Å². The normalized spacial score (nSPS) is 14.0. The molecule has 168 valence electrons. The molecule has 0 aliphatic carbocycles. The summed E-state index contributed by atoms with van der Waals surface area (Å²) in [6, 6.07) is 0. The van der Waals surface area contributed by atoms with E-state index in [2.05, 4.69) is 13.8 Å². The van der Waals surface area contributed by atoms with Crippen LogP contribution in [0.2, 0.25) is 0 Å². The summed E-state index contributed by atoms with van der Waals surface area (Å²) >= 11 is 0.